The Hall–Kier alpha value is -1.46. The van der Waals surface area contributed by atoms with Crippen molar-refractivity contribution in [1.29, 1.82) is 0 Å². The Morgan fingerprint density at radius 3 is 2.72 bits per heavy atom. The van der Waals surface area contributed by atoms with Crippen molar-refractivity contribution in [3.8, 4) is 17.2 Å². The van der Waals surface area contributed by atoms with Gasteiger partial charge in [-0.1, -0.05) is 0 Å². The molecule has 0 radical (unpaired) electrons. The Kier molecular flexibility index (Phi) is 4.66. The SMILES string of the molecule is CCOCCOc1cc2c(cc1CNC)OCO2. The molecule has 2 rings (SSSR count). The van der Waals surface area contributed by atoms with Crippen molar-refractivity contribution in [2.75, 3.05) is 33.7 Å². The second-order valence-electron chi connectivity index (χ2n) is 3.89. The molecule has 1 aromatic rings. The van der Waals surface area contributed by atoms with Gasteiger partial charge in [-0.2, -0.15) is 0 Å². The summed E-state index contributed by atoms with van der Waals surface area (Å²) in [5.41, 5.74) is 1.05. The molecule has 5 nitrogen and oxygen atoms in total. The van der Waals surface area contributed by atoms with Crippen molar-refractivity contribution < 1.29 is 18.9 Å². The van der Waals surface area contributed by atoms with Crippen molar-refractivity contribution in [3.05, 3.63) is 17.7 Å². The van der Waals surface area contributed by atoms with Crippen LogP contribution in [0.3, 0.4) is 0 Å². The zero-order valence-corrected chi connectivity index (χ0v) is 10.8. The van der Waals surface area contributed by atoms with Crippen LogP contribution in [0.1, 0.15) is 12.5 Å². The van der Waals surface area contributed by atoms with E-state index in [4.69, 9.17) is 18.9 Å². The third-order valence-corrected chi connectivity index (χ3v) is 2.61. The highest BCUT2D eigenvalue weighted by Gasteiger charge is 2.17. The fraction of sp³-hybridized carbons (Fsp3) is 0.538. The van der Waals surface area contributed by atoms with E-state index in [0.717, 1.165) is 29.4 Å². The third-order valence-electron chi connectivity index (χ3n) is 2.61. The molecule has 0 aromatic heterocycles. The largest absolute Gasteiger partial charge is 0.491 e. The Morgan fingerprint density at radius 2 is 2.00 bits per heavy atom. The van der Waals surface area contributed by atoms with E-state index in [0.29, 0.717) is 19.8 Å². The summed E-state index contributed by atoms with van der Waals surface area (Å²) in [6.07, 6.45) is 0. The monoisotopic (exact) mass is 253 g/mol. The summed E-state index contributed by atoms with van der Waals surface area (Å²) in [5.74, 6) is 2.33. The maximum Gasteiger partial charge on any atom is 0.231 e. The summed E-state index contributed by atoms with van der Waals surface area (Å²) in [4.78, 5) is 0. The fourth-order valence-corrected chi connectivity index (χ4v) is 1.78. The lowest BCUT2D eigenvalue weighted by Crippen LogP contribution is -2.10. The summed E-state index contributed by atoms with van der Waals surface area (Å²) in [6.45, 7) is 4.78. The minimum absolute atomic E-state index is 0.275. The molecule has 0 unspecified atom stereocenters. The van der Waals surface area contributed by atoms with Gasteiger partial charge in [0.2, 0.25) is 6.79 Å². The second-order valence-corrected chi connectivity index (χ2v) is 3.89. The standard InChI is InChI=1S/C13H19NO4/c1-3-15-4-5-16-11-7-13-12(17-9-18-13)6-10(11)8-14-2/h6-7,14H,3-5,8-9H2,1-2H3. The van der Waals surface area contributed by atoms with Crippen molar-refractivity contribution in [2.24, 2.45) is 0 Å². The molecule has 100 valence electrons. The summed E-state index contributed by atoms with van der Waals surface area (Å²) in [5, 5.41) is 3.11. The Balaban J connectivity index is 2.06. The molecule has 1 aliphatic heterocycles. The number of rotatable bonds is 7. The molecule has 0 bridgehead atoms. The molecule has 0 amide bonds. The Morgan fingerprint density at radius 1 is 1.22 bits per heavy atom. The molecule has 18 heavy (non-hydrogen) atoms. The lowest BCUT2D eigenvalue weighted by atomic mass is 10.1. The van der Waals surface area contributed by atoms with Crippen molar-refractivity contribution >= 4 is 0 Å². The van der Waals surface area contributed by atoms with Crippen LogP contribution in [-0.4, -0.2) is 33.7 Å². The summed E-state index contributed by atoms with van der Waals surface area (Å²) < 4.78 is 21.7. The normalized spacial score (nSPS) is 12.8. The van der Waals surface area contributed by atoms with Gasteiger partial charge in [0.15, 0.2) is 11.5 Å². The molecule has 0 saturated carbocycles. The highest BCUT2D eigenvalue weighted by molar-refractivity contribution is 5.51. The van der Waals surface area contributed by atoms with Crippen LogP contribution in [0.15, 0.2) is 12.1 Å². The first-order valence-electron chi connectivity index (χ1n) is 6.12. The van der Waals surface area contributed by atoms with Crippen LogP contribution in [0.5, 0.6) is 17.2 Å². The molecule has 0 fully saturated rings. The number of fused-ring (bicyclic) bond motifs is 1. The zero-order chi connectivity index (χ0) is 12.8. The van der Waals surface area contributed by atoms with Gasteiger partial charge >= 0.3 is 0 Å². The average Bonchev–Trinajstić information content (AvgIpc) is 2.82. The third kappa shape index (κ3) is 3.05. The van der Waals surface area contributed by atoms with Crippen molar-refractivity contribution in [3.63, 3.8) is 0 Å². The molecule has 0 spiro atoms. The van der Waals surface area contributed by atoms with E-state index in [9.17, 15) is 0 Å². The quantitative estimate of drug-likeness (QED) is 0.747. The molecule has 1 aliphatic rings. The molecular weight excluding hydrogens is 234 g/mol. The maximum absolute atomic E-state index is 5.72. The van der Waals surface area contributed by atoms with E-state index < -0.39 is 0 Å². The number of hydrogen-bond acceptors (Lipinski definition) is 5. The van der Waals surface area contributed by atoms with E-state index in [1.165, 1.54) is 0 Å². The van der Waals surface area contributed by atoms with Gasteiger partial charge in [-0.05, 0) is 20.0 Å². The maximum atomic E-state index is 5.72. The van der Waals surface area contributed by atoms with Gasteiger partial charge in [-0.15, -0.1) is 0 Å². The minimum Gasteiger partial charge on any atom is -0.491 e. The topological polar surface area (TPSA) is 49.0 Å². The summed E-state index contributed by atoms with van der Waals surface area (Å²) in [6, 6.07) is 3.83. The summed E-state index contributed by atoms with van der Waals surface area (Å²) in [7, 11) is 1.90. The predicted octanol–water partition coefficient (Wildman–Crippen LogP) is 1.55. The first-order valence-corrected chi connectivity index (χ1v) is 6.12. The van der Waals surface area contributed by atoms with Crippen LogP contribution in [-0.2, 0) is 11.3 Å². The first-order chi connectivity index (χ1) is 8.85. The molecule has 5 heteroatoms. The van der Waals surface area contributed by atoms with E-state index in [1.54, 1.807) is 0 Å². The van der Waals surface area contributed by atoms with Gasteiger partial charge in [-0.3, -0.25) is 0 Å². The lowest BCUT2D eigenvalue weighted by Gasteiger charge is -2.12. The van der Waals surface area contributed by atoms with Crippen molar-refractivity contribution in [2.45, 2.75) is 13.5 Å². The first kappa shape index (κ1) is 13.0. The minimum atomic E-state index is 0.275. The van der Waals surface area contributed by atoms with Crippen LogP contribution in [0, 0.1) is 0 Å². The predicted molar refractivity (Wildman–Crippen MR) is 67.3 cm³/mol. The molecule has 1 heterocycles. The van der Waals surface area contributed by atoms with Crippen LogP contribution in [0.25, 0.3) is 0 Å². The van der Waals surface area contributed by atoms with Gasteiger partial charge < -0.3 is 24.3 Å². The second kappa shape index (κ2) is 6.47. The number of ether oxygens (including phenoxy) is 4. The molecule has 0 atom stereocenters. The molecule has 0 saturated heterocycles. The van der Waals surface area contributed by atoms with Crippen LogP contribution >= 0.6 is 0 Å². The van der Waals surface area contributed by atoms with Gasteiger partial charge in [-0.25, -0.2) is 0 Å². The highest BCUT2D eigenvalue weighted by atomic mass is 16.7. The lowest BCUT2D eigenvalue weighted by molar-refractivity contribution is 0.109. The van der Waals surface area contributed by atoms with E-state index in [2.05, 4.69) is 5.32 Å². The van der Waals surface area contributed by atoms with Gasteiger partial charge in [0.25, 0.3) is 0 Å². The molecule has 1 aromatic carbocycles. The van der Waals surface area contributed by atoms with E-state index in [1.807, 2.05) is 26.1 Å². The molecule has 0 aliphatic carbocycles. The number of benzene rings is 1. The fourth-order valence-electron chi connectivity index (χ4n) is 1.78. The number of nitrogens with one attached hydrogen (secondary N) is 1. The Labute approximate surface area is 107 Å². The zero-order valence-electron chi connectivity index (χ0n) is 10.8. The van der Waals surface area contributed by atoms with Gasteiger partial charge in [0.1, 0.15) is 12.4 Å². The van der Waals surface area contributed by atoms with Gasteiger partial charge in [0.05, 0.1) is 6.61 Å². The van der Waals surface area contributed by atoms with Crippen LogP contribution < -0.4 is 19.5 Å². The van der Waals surface area contributed by atoms with E-state index >= 15 is 0 Å². The summed E-state index contributed by atoms with van der Waals surface area (Å²) >= 11 is 0. The van der Waals surface area contributed by atoms with Crippen LogP contribution in [0.4, 0.5) is 0 Å². The van der Waals surface area contributed by atoms with E-state index in [-0.39, 0.29) is 6.79 Å². The highest BCUT2D eigenvalue weighted by Crippen LogP contribution is 2.38. The molecular formula is C13H19NO4. The van der Waals surface area contributed by atoms with Crippen molar-refractivity contribution in [1.82, 2.24) is 5.32 Å². The number of hydrogen-bond donors (Lipinski definition) is 1. The average molecular weight is 253 g/mol. The van der Waals surface area contributed by atoms with Gasteiger partial charge in [0, 0.05) is 24.8 Å². The Bertz CT molecular complexity index is 395. The smallest absolute Gasteiger partial charge is 0.231 e. The van der Waals surface area contributed by atoms with Crippen LogP contribution in [0.2, 0.25) is 0 Å². The molecule has 1 N–H and O–H groups in total.